The average molecular weight is 827 g/mol. The lowest BCUT2D eigenvalue weighted by atomic mass is 10.1. The predicted octanol–water partition coefficient (Wildman–Crippen LogP) is 5.59. The van der Waals surface area contributed by atoms with Crippen LogP contribution in [0.2, 0.25) is 0 Å². The van der Waals surface area contributed by atoms with Crippen molar-refractivity contribution in [3.8, 4) is 11.5 Å². The molecule has 0 saturated heterocycles. The zero-order valence-electron chi connectivity index (χ0n) is 35.1. The van der Waals surface area contributed by atoms with Gasteiger partial charge in [0.1, 0.15) is 50.9 Å². The Labute approximate surface area is 353 Å². The molecule has 4 rings (SSSR count). The molecule has 0 unspecified atom stereocenters. The maximum atomic E-state index is 12.7. The van der Waals surface area contributed by atoms with E-state index in [0.29, 0.717) is 49.1 Å². The molecule has 4 aromatic carbocycles. The zero-order valence-corrected chi connectivity index (χ0v) is 35.1. The van der Waals surface area contributed by atoms with Gasteiger partial charge in [-0.1, -0.05) is 72.8 Å². The lowest BCUT2D eigenvalue weighted by Crippen LogP contribution is -2.36. The summed E-state index contributed by atoms with van der Waals surface area (Å²) in [4.78, 5) is 54.1. The van der Waals surface area contributed by atoms with Crippen LogP contribution in [0.15, 0.2) is 97.1 Å². The highest BCUT2D eigenvalue weighted by Crippen LogP contribution is 2.32. The van der Waals surface area contributed by atoms with Crippen LogP contribution in [0.25, 0.3) is 0 Å². The maximum absolute atomic E-state index is 12.7. The largest absolute Gasteiger partial charge is 0.488 e. The van der Waals surface area contributed by atoms with Gasteiger partial charge in [0.05, 0.1) is 37.8 Å². The van der Waals surface area contributed by atoms with Gasteiger partial charge in [0.15, 0.2) is 0 Å². The van der Waals surface area contributed by atoms with Crippen LogP contribution >= 0.6 is 0 Å². The molecule has 0 bridgehead atoms. The molecule has 322 valence electrons. The highest BCUT2D eigenvalue weighted by atomic mass is 16.5. The molecule has 0 aromatic heterocycles. The molecule has 14 heteroatoms. The molecule has 0 atom stereocenters. The summed E-state index contributed by atoms with van der Waals surface area (Å²) in [5.41, 5.74) is 5.07. The van der Waals surface area contributed by atoms with Crippen LogP contribution in [-0.2, 0) is 64.3 Å². The standard InChI is InChI=1S/C46H58N4O10/c1-5-55-43(51)31-49(32-44(52)56-6-2)39-21-19-37(29-47-27-35-15-11-9-12-16-35)25-41(39)59-23-24-60-42-26-38(30-48-28-36-17-13-10-14-18-36)20-22-40(42)50(33-45(53)57-7-3)34-46(54)58-8-4/h9-22,25-26,47-48H,5-8,23-24,27-34H2,1-4H3. The number of hydrogen-bond donors (Lipinski definition) is 2. The van der Waals surface area contributed by atoms with E-state index in [1.54, 1.807) is 49.6 Å². The fourth-order valence-corrected chi connectivity index (χ4v) is 6.19. The molecule has 2 N–H and O–H groups in total. The third kappa shape index (κ3) is 16.3. The molecule has 0 saturated carbocycles. The van der Waals surface area contributed by atoms with E-state index in [-0.39, 0.29) is 65.8 Å². The van der Waals surface area contributed by atoms with Gasteiger partial charge in [-0.05, 0) is 74.2 Å². The van der Waals surface area contributed by atoms with Crippen LogP contribution in [-0.4, -0.2) is 89.7 Å². The van der Waals surface area contributed by atoms with Crippen LogP contribution in [0.3, 0.4) is 0 Å². The first-order valence-corrected chi connectivity index (χ1v) is 20.4. The third-order valence-electron chi connectivity index (χ3n) is 8.83. The van der Waals surface area contributed by atoms with E-state index in [0.717, 1.165) is 22.3 Å². The summed E-state index contributed by atoms with van der Waals surface area (Å²) >= 11 is 0. The highest BCUT2D eigenvalue weighted by molar-refractivity contribution is 5.83. The van der Waals surface area contributed by atoms with Crippen molar-refractivity contribution >= 4 is 35.3 Å². The summed E-state index contributed by atoms with van der Waals surface area (Å²) < 4.78 is 33.7. The van der Waals surface area contributed by atoms with Crippen LogP contribution in [0.5, 0.6) is 11.5 Å². The Morgan fingerprint density at radius 2 is 0.750 bits per heavy atom. The van der Waals surface area contributed by atoms with Crippen molar-refractivity contribution < 1.29 is 47.6 Å². The Balaban J connectivity index is 1.60. The van der Waals surface area contributed by atoms with Gasteiger partial charge >= 0.3 is 23.9 Å². The number of nitrogens with one attached hydrogen (secondary N) is 2. The highest BCUT2D eigenvalue weighted by Gasteiger charge is 2.23. The minimum atomic E-state index is -0.509. The number of nitrogens with zero attached hydrogens (tertiary/aromatic N) is 2. The van der Waals surface area contributed by atoms with Gasteiger partial charge < -0.3 is 48.9 Å². The van der Waals surface area contributed by atoms with Crippen molar-refractivity contribution in [3.63, 3.8) is 0 Å². The topological polar surface area (TPSA) is 154 Å². The lowest BCUT2D eigenvalue weighted by molar-refractivity contribution is -0.144. The second-order valence-electron chi connectivity index (χ2n) is 13.4. The monoisotopic (exact) mass is 826 g/mol. The molecule has 14 nitrogen and oxygen atoms in total. The number of esters is 4. The van der Waals surface area contributed by atoms with Crippen molar-refractivity contribution in [1.29, 1.82) is 0 Å². The SMILES string of the molecule is CCOC(=O)CN(CC(=O)OCC)c1ccc(CNCc2ccccc2)cc1OCCOc1cc(CNCc2ccccc2)ccc1N(CC(=O)OCC)CC(=O)OCC. The average Bonchev–Trinajstić information content (AvgIpc) is 3.23. The molecule has 4 aromatic rings. The number of rotatable bonds is 27. The summed E-state index contributed by atoms with van der Waals surface area (Å²) in [6, 6.07) is 31.2. The number of carbonyl (C=O) groups is 4. The van der Waals surface area contributed by atoms with E-state index in [1.165, 1.54) is 0 Å². The smallest absolute Gasteiger partial charge is 0.325 e. The summed E-state index contributed by atoms with van der Waals surface area (Å²) in [5, 5.41) is 6.90. The van der Waals surface area contributed by atoms with Gasteiger partial charge in [0, 0.05) is 26.2 Å². The molecule has 0 spiro atoms. The van der Waals surface area contributed by atoms with Crippen molar-refractivity contribution in [2.45, 2.75) is 53.9 Å². The Kier molecular flexibility index (Phi) is 20.2. The Bertz CT molecular complexity index is 1750. The van der Waals surface area contributed by atoms with E-state index < -0.39 is 23.9 Å². The Morgan fingerprint density at radius 3 is 1.07 bits per heavy atom. The first kappa shape index (κ1) is 46.6. The molecule has 0 aliphatic heterocycles. The van der Waals surface area contributed by atoms with Gasteiger partial charge in [-0.15, -0.1) is 0 Å². The van der Waals surface area contributed by atoms with E-state index >= 15 is 0 Å². The second-order valence-corrected chi connectivity index (χ2v) is 13.4. The summed E-state index contributed by atoms with van der Waals surface area (Å²) in [5.74, 6) is -1.21. The van der Waals surface area contributed by atoms with Crippen molar-refractivity contribution in [3.05, 3.63) is 119 Å². The van der Waals surface area contributed by atoms with Gasteiger partial charge in [-0.2, -0.15) is 0 Å². The van der Waals surface area contributed by atoms with Crippen molar-refractivity contribution in [2.24, 2.45) is 0 Å². The van der Waals surface area contributed by atoms with Crippen molar-refractivity contribution in [1.82, 2.24) is 10.6 Å². The number of carbonyl (C=O) groups excluding carboxylic acids is 4. The van der Waals surface area contributed by atoms with Gasteiger partial charge in [-0.3, -0.25) is 19.2 Å². The fourth-order valence-electron chi connectivity index (χ4n) is 6.19. The number of benzene rings is 4. The molecule has 60 heavy (non-hydrogen) atoms. The summed E-state index contributed by atoms with van der Waals surface area (Å²) in [6.07, 6.45) is 0. The molecular formula is C46H58N4O10. The van der Waals surface area contributed by atoms with E-state index in [1.807, 2.05) is 84.9 Å². The zero-order chi connectivity index (χ0) is 43.0. The minimum Gasteiger partial charge on any atom is -0.488 e. The molecular weight excluding hydrogens is 769 g/mol. The van der Waals surface area contributed by atoms with Gasteiger partial charge in [0.25, 0.3) is 0 Å². The van der Waals surface area contributed by atoms with E-state index in [2.05, 4.69) is 10.6 Å². The maximum Gasteiger partial charge on any atom is 0.325 e. The molecule has 0 fully saturated rings. The van der Waals surface area contributed by atoms with Gasteiger partial charge in [0.2, 0.25) is 0 Å². The Hall–Kier alpha value is -6.12. The second kappa shape index (κ2) is 26.1. The van der Waals surface area contributed by atoms with Gasteiger partial charge in [-0.25, -0.2) is 0 Å². The normalized spacial score (nSPS) is 10.7. The molecule has 0 aliphatic carbocycles. The third-order valence-corrected chi connectivity index (χ3v) is 8.83. The van der Waals surface area contributed by atoms with Crippen LogP contribution < -0.4 is 29.9 Å². The number of hydrogen-bond acceptors (Lipinski definition) is 14. The summed E-state index contributed by atoms with van der Waals surface area (Å²) in [6.45, 7) is 9.18. The number of anilines is 2. The molecule has 0 radical (unpaired) electrons. The Morgan fingerprint density at radius 1 is 0.433 bits per heavy atom. The molecule has 0 aliphatic rings. The van der Waals surface area contributed by atoms with Crippen LogP contribution in [0.4, 0.5) is 11.4 Å². The quantitative estimate of drug-likeness (QED) is 0.0436. The first-order valence-electron chi connectivity index (χ1n) is 20.4. The molecule has 0 heterocycles. The first-order chi connectivity index (χ1) is 29.2. The molecule has 0 amide bonds. The minimum absolute atomic E-state index is 0.0478. The van der Waals surface area contributed by atoms with Crippen LogP contribution in [0, 0.1) is 0 Å². The van der Waals surface area contributed by atoms with E-state index in [4.69, 9.17) is 28.4 Å². The van der Waals surface area contributed by atoms with E-state index in [9.17, 15) is 19.2 Å². The lowest BCUT2D eigenvalue weighted by Gasteiger charge is -2.26. The van der Waals surface area contributed by atoms with Crippen molar-refractivity contribution in [2.75, 3.05) is 75.6 Å². The fraction of sp³-hybridized carbons (Fsp3) is 0.391. The van der Waals surface area contributed by atoms with Crippen LogP contribution in [0.1, 0.15) is 49.9 Å². The number of ether oxygens (including phenoxy) is 6. The predicted molar refractivity (Wildman–Crippen MR) is 229 cm³/mol. The summed E-state index contributed by atoms with van der Waals surface area (Å²) in [7, 11) is 0.